The van der Waals surface area contributed by atoms with Gasteiger partial charge in [-0.2, -0.15) is 0 Å². The van der Waals surface area contributed by atoms with E-state index in [0.29, 0.717) is 0 Å². The maximum absolute atomic E-state index is 13.4. The summed E-state index contributed by atoms with van der Waals surface area (Å²) in [6.45, 7) is 3.84. The second-order valence-electron chi connectivity index (χ2n) is 4.19. The van der Waals surface area contributed by atoms with E-state index in [0.717, 1.165) is 0 Å². The summed E-state index contributed by atoms with van der Waals surface area (Å²) in [5.74, 6) is -1.68. The summed E-state index contributed by atoms with van der Waals surface area (Å²) in [7, 11) is 0. The fourth-order valence-corrected chi connectivity index (χ4v) is 2.99. The molecule has 0 aromatic heterocycles. The number of nitrogens with one attached hydrogen (secondary N) is 2. The van der Waals surface area contributed by atoms with E-state index in [4.69, 9.17) is 0 Å². The Morgan fingerprint density at radius 3 is 1.67 bits per heavy atom. The zero-order valence-corrected chi connectivity index (χ0v) is 11.3. The highest BCUT2D eigenvalue weighted by Gasteiger charge is 2.45. The van der Waals surface area contributed by atoms with Gasteiger partial charge in [0.25, 0.3) is 0 Å². The van der Waals surface area contributed by atoms with E-state index in [1.165, 1.54) is 0 Å². The summed E-state index contributed by atoms with van der Waals surface area (Å²) < 4.78 is 27.3. The number of allylic oxidation sites excluding steroid dienone is 2. The van der Waals surface area contributed by atoms with Crippen molar-refractivity contribution in [2.45, 2.75) is 31.6 Å². The van der Waals surface area contributed by atoms with Gasteiger partial charge in [-0.15, -0.1) is 0 Å². The van der Waals surface area contributed by atoms with Crippen molar-refractivity contribution in [3.8, 4) is 0 Å². The summed E-state index contributed by atoms with van der Waals surface area (Å²) in [5, 5.41) is 6.35. The van der Waals surface area contributed by atoms with Gasteiger partial charge in [-0.3, -0.25) is 10.6 Å². The van der Waals surface area contributed by atoms with Crippen molar-refractivity contribution in [1.82, 2.24) is 10.6 Å². The quantitative estimate of drug-likeness (QED) is 0.706. The van der Waals surface area contributed by atoms with E-state index < -0.39 is 11.7 Å². The molecule has 15 heavy (non-hydrogen) atoms. The Kier molecular flexibility index (Phi) is 2.82. The predicted octanol–water partition coefficient (Wildman–Crippen LogP) is 2.82. The van der Waals surface area contributed by atoms with Gasteiger partial charge in [0.05, 0.1) is 26.7 Å². The van der Waals surface area contributed by atoms with Crippen LogP contribution in [0.5, 0.6) is 0 Å². The van der Waals surface area contributed by atoms with Gasteiger partial charge in [-0.25, -0.2) is 8.78 Å². The lowest BCUT2D eigenvalue weighted by molar-refractivity contribution is 0.397. The van der Waals surface area contributed by atoms with Gasteiger partial charge in [-0.1, -0.05) is 31.9 Å². The average molecular weight is 344 g/mol. The average Bonchev–Trinajstić information content (AvgIpc) is 2.48. The molecule has 0 aromatic rings. The molecule has 2 nitrogen and oxygen atoms in total. The minimum absolute atomic E-state index is 0.228. The van der Waals surface area contributed by atoms with Crippen molar-refractivity contribution < 1.29 is 8.78 Å². The molecule has 2 unspecified atom stereocenters. The molecule has 0 saturated carbocycles. The SMILES string of the molecule is CC1(C)NC2C(Br)=C(F)C(F)=C(Br)C2N1. The van der Waals surface area contributed by atoms with Crippen LogP contribution in [0.4, 0.5) is 8.78 Å². The molecule has 6 heteroatoms. The van der Waals surface area contributed by atoms with Crippen LogP contribution in [0.1, 0.15) is 13.8 Å². The highest BCUT2D eigenvalue weighted by molar-refractivity contribution is 9.12. The summed E-state index contributed by atoms with van der Waals surface area (Å²) >= 11 is 6.17. The van der Waals surface area contributed by atoms with Gasteiger partial charge < -0.3 is 0 Å². The van der Waals surface area contributed by atoms with E-state index >= 15 is 0 Å². The third kappa shape index (κ3) is 1.81. The molecule has 1 fully saturated rings. The number of rotatable bonds is 0. The second kappa shape index (κ2) is 3.61. The first-order valence-corrected chi connectivity index (χ1v) is 6.08. The second-order valence-corrected chi connectivity index (χ2v) is 5.90. The predicted molar refractivity (Wildman–Crippen MR) is 62.0 cm³/mol. The van der Waals surface area contributed by atoms with Crippen LogP contribution in [-0.2, 0) is 0 Å². The Hall–Kier alpha value is 0.220. The van der Waals surface area contributed by atoms with E-state index in [1.807, 2.05) is 13.8 Å². The van der Waals surface area contributed by atoms with Gasteiger partial charge in [0.1, 0.15) is 0 Å². The van der Waals surface area contributed by atoms with Gasteiger partial charge in [0.15, 0.2) is 11.7 Å². The molecule has 1 saturated heterocycles. The van der Waals surface area contributed by atoms with Crippen LogP contribution in [0, 0.1) is 0 Å². The lowest BCUT2D eigenvalue weighted by Gasteiger charge is -2.23. The fraction of sp³-hybridized carbons (Fsp3) is 0.556. The topological polar surface area (TPSA) is 24.1 Å². The first-order chi connectivity index (χ1) is 6.83. The third-order valence-electron chi connectivity index (χ3n) is 2.52. The number of hydrogen-bond donors (Lipinski definition) is 2. The van der Waals surface area contributed by atoms with Crippen LogP contribution < -0.4 is 10.6 Å². The minimum atomic E-state index is -0.838. The molecule has 84 valence electrons. The normalized spacial score (nSPS) is 34.8. The fourth-order valence-electron chi connectivity index (χ4n) is 1.89. The molecule has 2 rings (SSSR count). The van der Waals surface area contributed by atoms with Crippen molar-refractivity contribution in [1.29, 1.82) is 0 Å². The van der Waals surface area contributed by atoms with Crippen LogP contribution in [-0.4, -0.2) is 17.7 Å². The van der Waals surface area contributed by atoms with Crippen molar-refractivity contribution in [2.24, 2.45) is 0 Å². The maximum Gasteiger partial charge on any atom is 0.171 e. The van der Waals surface area contributed by atoms with Crippen LogP contribution >= 0.6 is 31.9 Å². The molecule has 2 N–H and O–H groups in total. The van der Waals surface area contributed by atoms with Gasteiger partial charge in [0, 0.05) is 0 Å². The molecule has 1 aliphatic carbocycles. The van der Waals surface area contributed by atoms with E-state index in [2.05, 4.69) is 42.5 Å². The molecule has 1 aliphatic heterocycles. The maximum atomic E-state index is 13.4. The molecule has 2 aliphatic rings. The van der Waals surface area contributed by atoms with Crippen LogP contribution in [0.15, 0.2) is 20.6 Å². The first kappa shape index (κ1) is 11.7. The number of halogens is 4. The Morgan fingerprint density at radius 1 is 1.00 bits per heavy atom. The zero-order chi connectivity index (χ0) is 11.4. The third-order valence-corrected chi connectivity index (χ3v) is 4.21. The van der Waals surface area contributed by atoms with Crippen molar-refractivity contribution >= 4 is 31.9 Å². The largest absolute Gasteiger partial charge is 0.290 e. The molecule has 1 heterocycles. The monoisotopic (exact) mass is 342 g/mol. The van der Waals surface area contributed by atoms with Crippen LogP contribution in [0.3, 0.4) is 0 Å². The first-order valence-electron chi connectivity index (χ1n) is 4.49. The molecule has 0 spiro atoms. The molecule has 0 amide bonds. The lowest BCUT2D eigenvalue weighted by atomic mass is 10.0. The van der Waals surface area contributed by atoms with Crippen molar-refractivity contribution in [3.05, 3.63) is 20.6 Å². The highest BCUT2D eigenvalue weighted by Crippen LogP contribution is 2.41. The van der Waals surface area contributed by atoms with Gasteiger partial charge in [-0.05, 0) is 13.8 Å². The summed E-state index contributed by atoms with van der Waals surface area (Å²) in [5.41, 5.74) is -0.349. The molecule has 0 aromatic carbocycles. The summed E-state index contributed by atoms with van der Waals surface area (Å²) in [4.78, 5) is 0. The molecular formula is C9H10Br2F2N2. The van der Waals surface area contributed by atoms with Crippen molar-refractivity contribution in [2.75, 3.05) is 0 Å². The summed E-state index contributed by atoms with van der Waals surface area (Å²) in [6, 6.07) is -0.539. The van der Waals surface area contributed by atoms with Crippen LogP contribution in [0.25, 0.3) is 0 Å². The molecular weight excluding hydrogens is 334 g/mol. The Bertz CT molecular complexity index is 342. The van der Waals surface area contributed by atoms with Crippen LogP contribution in [0.2, 0.25) is 0 Å². The molecule has 0 bridgehead atoms. The smallest absolute Gasteiger partial charge is 0.171 e. The zero-order valence-electron chi connectivity index (χ0n) is 8.17. The van der Waals surface area contributed by atoms with Gasteiger partial charge >= 0.3 is 0 Å². The number of fused-ring (bicyclic) bond motifs is 1. The van der Waals surface area contributed by atoms with E-state index in [1.54, 1.807) is 0 Å². The Labute approximate surface area is 103 Å². The standard InChI is InChI=1S/C9H10Br2F2N2/c1-9(2)14-7-3(10)5(12)6(13)4(11)8(7)15-9/h7-8,14-15H,1-2H3. The Balaban J connectivity index is 2.45. The van der Waals surface area contributed by atoms with E-state index in [-0.39, 0.29) is 26.7 Å². The molecule has 0 radical (unpaired) electrons. The molecule has 2 atom stereocenters. The highest BCUT2D eigenvalue weighted by atomic mass is 79.9. The van der Waals surface area contributed by atoms with Gasteiger partial charge in [0.2, 0.25) is 0 Å². The lowest BCUT2D eigenvalue weighted by Crippen LogP contribution is -2.44. The Morgan fingerprint density at radius 2 is 1.33 bits per heavy atom. The number of hydrogen-bond acceptors (Lipinski definition) is 2. The van der Waals surface area contributed by atoms with Crippen molar-refractivity contribution in [3.63, 3.8) is 0 Å². The van der Waals surface area contributed by atoms with E-state index in [9.17, 15) is 8.78 Å². The minimum Gasteiger partial charge on any atom is -0.290 e. The summed E-state index contributed by atoms with van der Waals surface area (Å²) in [6.07, 6.45) is 0.